The van der Waals surface area contributed by atoms with Gasteiger partial charge in [-0.2, -0.15) is 0 Å². The molecule has 0 spiro atoms. The smallest absolute Gasteiger partial charge is 0.262 e. The maximum atomic E-state index is 13.0. The summed E-state index contributed by atoms with van der Waals surface area (Å²) in [4.78, 5) is 26.3. The summed E-state index contributed by atoms with van der Waals surface area (Å²) in [5.41, 5.74) is 3.18. The molecule has 23 heavy (non-hydrogen) atoms. The number of amides is 2. The molecule has 2 aliphatic rings. The molecule has 0 atom stereocenters. The monoisotopic (exact) mass is 308 g/mol. The first kappa shape index (κ1) is 13.8. The fraction of sp³-hybridized carbons (Fsp3) is 0.222. The van der Waals surface area contributed by atoms with Crippen LogP contribution in [0, 0.1) is 0 Å². The summed E-state index contributed by atoms with van der Waals surface area (Å²) in [5.74, 6) is 0.163. The van der Waals surface area contributed by atoms with Crippen LogP contribution in [0.1, 0.15) is 22.3 Å². The van der Waals surface area contributed by atoms with Gasteiger partial charge in [0.15, 0.2) is 12.4 Å². The van der Waals surface area contributed by atoms with Gasteiger partial charge in [-0.1, -0.05) is 24.3 Å². The highest BCUT2D eigenvalue weighted by atomic mass is 16.5. The number of benzene rings is 2. The van der Waals surface area contributed by atoms with E-state index in [-0.39, 0.29) is 18.4 Å². The zero-order valence-electron chi connectivity index (χ0n) is 12.5. The van der Waals surface area contributed by atoms with Crippen molar-refractivity contribution >= 4 is 23.2 Å². The third-order valence-corrected chi connectivity index (χ3v) is 4.22. The summed E-state index contributed by atoms with van der Waals surface area (Å²) < 4.78 is 5.51. The number of fused-ring (bicyclic) bond motifs is 2. The number of nitrogens with zero attached hydrogens (tertiary/aromatic N) is 1. The quantitative estimate of drug-likeness (QED) is 0.881. The first-order chi connectivity index (χ1) is 11.2. The molecule has 4 rings (SSSR count). The van der Waals surface area contributed by atoms with Crippen molar-refractivity contribution < 1.29 is 14.3 Å². The average molecular weight is 308 g/mol. The second-order valence-electron chi connectivity index (χ2n) is 5.71. The second kappa shape index (κ2) is 5.43. The Morgan fingerprint density at radius 3 is 2.91 bits per heavy atom. The van der Waals surface area contributed by atoms with Crippen LogP contribution in [-0.4, -0.2) is 25.0 Å². The van der Waals surface area contributed by atoms with E-state index in [0.29, 0.717) is 23.5 Å². The van der Waals surface area contributed by atoms with Gasteiger partial charge < -0.3 is 15.0 Å². The van der Waals surface area contributed by atoms with E-state index in [1.165, 1.54) is 5.56 Å². The van der Waals surface area contributed by atoms with Crippen LogP contribution in [0.4, 0.5) is 11.4 Å². The minimum absolute atomic E-state index is 0.0616. The third kappa shape index (κ3) is 2.34. The third-order valence-electron chi connectivity index (χ3n) is 4.22. The van der Waals surface area contributed by atoms with Gasteiger partial charge in [0.1, 0.15) is 0 Å². The van der Waals surface area contributed by atoms with Gasteiger partial charge in [0.25, 0.3) is 11.8 Å². The van der Waals surface area contributed by atoms with Crippen LogP contribution in [-0.2, 0) is 11.2 Å². The number of carbonyl (C=O) groups is 2. The summed E-state index contributed by atoms with van der Waals surface area (Å²) >= 11 is 0. The van der Waals surface area contributed by atoms with E-state index in [0.717, 1.165) is 18.5 Å². The number of hydrogen-bond donors (Lipinski definition) is 1. The number of carbonyl (C=O) groups excluding carboxylic acids is 2. The molecule has 2 amide bonds. The van der Waals surface area contributed by atoms with E-state index >= 15 is 0 Å². The first-order valence-corrected chi connectivity index (χ1v) is 7.69. The number of para-hydroxylation sites is 2. The number of nitrogens with one attached hydrogen (secondary N) is 1. The molecule has 2 aliphatic heterocycles. The molecule has 0 aromatic heterocycles. The lowest BCUT2D eigenvalue weighted by molar-refractivity contribution is -0.118. The van der Waals surface area contributed by atoms with Crippen molar-refractivity contribution in [2.24, 2.45) is 0 Å². The van der Waals surface area contributed by atoms with E-state index in [4.69, 9.17) is 4.74 Å². The molecule has 5 heteroatoms. The van der Waals surface area contributed by atoms with Gasteiger partial charge in [-0.15, -0.1) is 0 Å². The summed E-state index contributed by atoms with van der Waals surface area (Å²) in [7, 11) is 0. The number of ether oxygens (including phenoxy) is 1. The molecule has 0 fully saturated rings. The van der Waals surface area contributed by atoms with Crippen molar-refractivity contribution in [2.45, 2.75) is 12.8 Å². The predicted molar refractivity (Wildman–Crippen MR) is 87.0 cm³/mol. The lowest BCUT2D eigenvalue weighted by Gasteiger charge is -2.30. The topological polar surface area (TPSA) is 58.6 Å². The van der Waals surface area contributed by atoms with Crippen LogP contribution in [0.5, 0.6) is 5.75 Å². The van der Waals surface area contributed by atoms with Crippen LogP contribution < -0.4 is 15.0 Å². The largest absolute Gasteiger partial charge is 0.481 e. The molecule has 2 aromatic rings. The number of anilines is 2. The molecule has 2 heterocycles. The highest BCUT2D eigenvalue weighted by Crippen LogP contribution is 2.35. The van der Waals surface area contributed by atoms with Crippen molar-refractivity contribution in [1.82, 2.24) is 0 Å². The van der Waals surface area contributed by atoms with Crippen molar-refractivity contribution in [2.75, 3.05) is 23.4 Å². The van der Waals surface area contributed by atoms with E-state index in [1.54, 1.807) is 23.1 Å². The molecule has 0 saturated heterocycles. The Morgan fingerprint density at radius 2 is 2.00 bits per heavy atom. The fourth-order valence-corrected chi connectivity index (χ4v) is 3.17. The Kier molecular flexibility index (Phi) is 3.26. The number of aryl methyl sites for hydroxylation is 1. The summed E-state index contributed by atoms with van der Waals surface area (Å²) in [6.07, 6.45) is 1.93. The first-order valence-electron chi connectivity index (χ1n) is 7.69. The SMILES string of the molecule is O=C1COc2c(cccc2C(=O)N2CCCc3ccccc32)N1. The molecule has 116 valence electrons. The lowest BCUT2D eigenvalue weighted by atomic mass is 10.0. The summed E-state index contributed by atoms with van der Waals surface area (Å²) in [6.45, 7) is 0.625. The van der Waals surface area contributed by atoms with Gasteiger partial charge in [0.05, 0.1) is 11.3 Å². The molecule has 0 aliphatic carbocycles. The van der Waals surface area contributed by atoms with Crippen molar-refractivity contribution in [3.63, 3.8) is 0 Å². The van der Waals surface area contributed by atoms with E-state index < -0.39 is 0 Å². The predicted octanol–water partition coefficient (Wildman–Crippen LogP) is 2.61. The Balaban J connectivity index is 1.74. The maximum absolute atomic E-state index is 13.0. The van der Waals surface area contributed by atoms with Gasteiger partial charge in [0.2, 0.25) is 0 Å². The zero-order chi connectivity index (χ0) is 15.8. The minimum atomic E-state index is -0.203. The van der Waals surface area contributed by atoms with Crippen molar-refractivity contribution in [3.8, 4) is 5.75 Å². The molecule has 0 unspecified atom stereocenters. The molecule has 1 N–H and O–H groups in total. The normalized spacial score (nSPS) is 16.0. The lowest BCUT2D eigenvalue weighted by Crippen LogP contribution is -2.36. The fourth-order valence-electron chi connectivity index (χ4n) is 3.17. The maximum Gasteiger partial charge on any atom is 0.262 e. The van der Waals surface area contributed by atoms with Crippen molar-refractivity contribution in [1.29, 1.82) is 0 Å². The molecule has 5 nitrogen and oxygen atoms in total. The van der Waals surface area contributed by atoms with E-state index in [2.05, 4.69) is 11.4 Å². The van der Waals surface area contributed by atoms with Gasteiger partial charge >= 0.3 is 0 Å². The highest BCUT2D eigenvalue weighted by Gasteiger charge is 2.28. The minimum Gasteiger partial charge on any atom is -0.481 e. The average Bonchev–Trinajstić information content (AvgIpc) is 2.60. The van der Waals surface area contributed by atoms with Gasteiger partial charge in [0, 0.05) is 12.2 Å². The van der Waals surface area contributed by atoms with E-state index in [1.807, 2.05) is 18.2 Å². The summed E-state index contributed by atoms with van der Waals surface area (Å²) in [6, 6.07) is 13.2. The Morgan fingerprint density at radius 1 is 1.13 bits per heavy atom. The van der Waals surface area contributed by atoms with Crippen LogP contribution in [0.2, 0.25) is 0 Å². The van der Waals surface area contributed by atoms with Crippen LogP contribution in [0.3, 0.4) is 0 Å². The molecule has 0 bridgehead atoms. The molecule has 2 aromatic carbocycles. The summed E-state index contributed by atoms with van der Waals surface area (Å²) in [5, 5.41) is 2.74. The number of hydrogen-bond acceptors (Lipinski definition) is 3. The van der Waals surface area contributed by atoms with Crippen LogP contribution in [0.25, 0.3) is 0 Å². The van der Waals surface area contributed by atoms with Gasteiger partial charge in [-0.3, -0.25) is 9.59 Å². The van der Waals surface area contributed by atoms with Gasteiger partial charge in [-0.25, -0.2) is 0 Å². The Hall–Kier alpha value is -2.82. The van der Waals surface area contributed by atoms with E-state index in [9.17, 15) is 9.59 Å². The number of rotatable bonds is 1. The van der Waals surface area contributed by atoms with Crippen LogP contribution in [0.15, 0.2) is 42.5 Å². The zero-order valence-corrected chi connectivity index (χ0v) is 12.5. The Bertz CT molecular complexity index is 801. The highest BCUT2D eigenvalue weighted by molar-refractivity contribution is 6.10. The standard InChI is InChI=1S/C18H16N2O3/c21-16-11-23-17-13(7-3-8-14(17)19-16)18(22)20-10-4-6-12-5-1-2-9-15(12)20/h1-3,5,7-9H,4,6,10-11H2,(H,19,21). The van der Waals surface area contributed by atoms with Crippen LogP contribution >= 0.6 is 0 Å². The Labute approximate surface area is 133 Å². The second-order valence-corrected chi connectivity index (χ2v) is 5.71. The molecular weight excluding hydrogens is 292 g/mol. The van der Waals surface area contributed by atoms with Gasteiger partial charge in [-0.05, 0) is 36.6 Å². The molecule has 0 saturated carbocycles. The van der Waals surface area contributed by atoms with Crippen molar-refractivity contribution in [3.05, 3.63) is 53.6 Å². The molecular formula is C18H16N2O3. The molecule has 0 radical (unpaired) electrons.